The maximum atomic E-state index is 4.67. The normalized spacial score (nSPS) is 13.0. The molecule has 0 saturated heterocycles. The van der Waals surface area contributed by atoms with Gasteiger partial charge < -0.3 is 10.2 Å². The van der Waals surface area contributed by atoms with E-state index >= 15 is 0 Å². The summed E-state index contributed by atoms with van der Waals surface area (Å²) in [7, 11) is 0. The first kappa shape index (κ1) is 15.6. The van der Waals surface area contributed by atoms with Gasteiger partial charge >= 0.3 is 0 Å². The highest BCUT2D eigenvalue weighted by Crippen LogP contribution is 2.34. The zero-order valence-electron chi connectivity index (χ0n) is 14.7. The molecule has 1 N–H and O–H groups in total. The average molecular weight is 330 g/mol. The van der Waals surface area contributed by atoms with Crippen molar-refractivity contribution in [3.63, 3.8) is 0 Å². The van der Waals surface area contributed by atoms with E-state index in [1.165, 1.54) is 16.8 Å². The molecule has 2 heterocycles. The summed E-state index contributed by atoms with van der Waals surface area (Å²) in [4.78, 5) is 11.5. The van der Waals surface area contributed by atoms with Gasteiger partial charge in [-0.05, 0) is 43.0 Å². The summed E-state index contributed by atoms with van der Waals surface area (Å²) >= 11 is 0. The number of anilines is 4. The Balaban J connectivity index is 1.68. The van der Waals surface area contributed by atoms with E-state index in [0.717, 1.165) is 42.5 Å². The maximum absolute atomic E-state index is 4.67. The van der Waals surface area contributed by atoms with Crippen LogP contribution in [-0.4, -0.2) is 16.5 Å². The van der Waals surface area contributed by atoms with Crippen molar-refractivity contribution < 1.29 is 0 Å². The Morgan fingerprint density at radius 2 is 1.84 bits per heavy atom. The van der Waals surface area contributed by atoms with E-state index < -0.39 is 0 Å². The Bertz CT molecular complexity index is 904. The summed E-state index contributed by atoms with van der Waals surface area (Å²) in [6.45, 7) is 5.07. The van der Waals surface area contributed by atoms with E-state index in [-0.39, 0.29) is 0 Å². The molecule has 3 aromatic rings. The van der Waals surface area contributed by atoms with Crippen LogP contribution in [0.5, 0.6) is 0 Å². The van der Waals surface area contributed by atoms with Crippen molar-refractivity contribution >= 4 is 23.0 Å². The molecule has 1 aliphatic rings. The molecule has 2 aromatic carbocycles. The van der Waals surface area contributed by atoms with E-state index in [0.29, 0.717) is 0 Å². The topological polar surface area (TPSA) is 41.0 Å². The van der Waals surface area contributed by atoms with Gasteiger partial charge in [-0.25, -0.2) is 9.97 Å². The number of rotatable bonds is 4. The monoisotopic (exact) mass is 330 g/mol. The van der Waals surface area contributed by atoms with Crippen LogP contribution in [0.2, 0.25) is 0 Å². The first-order valence-corrected chi connectivity index (χ1v) is 8.80. The lowest BCUT2D eigenvalue weighted by molar-refractivity contribution is 0.946. The van der Waals surface area contributed by atoms with Crippen LogP contribution in [-0.2, 0) is 12.8 Å². The number of nitrogens with zero attached hydrogens (tertiary/aromatic N) is 3. The molecule has 0 aliphatic carbocycles. The Morgan fingerprint density at radius 3 is 2.72 bits per heavy atom. The quantitative estimate of drug-likeness (QED) is 0.747. The van der Waals surface area contributed by atoms with Crippen LogP contribution < -0.4 is 10.2 Å². The molecule has 4 heteroatoms. The van der Waals surface area contributed by atoms with Gasteiger partial charge in [0.2, 0.25) is 0 Å². The summed E-state index contributed by atoms with van der Waals surface area (Å²) in [5.41, 5.74) is 5.02. The third-order valence-corrected chi connectivity index (χ3v) is 4.65. The second-order valence-electron chi connectivity index (χ2n) is 6.32. The van der Waals surface area contributed by atoms with Crippen LogP contribution in [0.1, 0.15) is 23.9 Å². The lowest BCUT2D eigenvalue weighted by atomic mass is 10.1. The summed E-state index contributed by atoms with van der Waals surface area (Å²) in [6, 6.07) is 19.0. The van der Waals surface area contributed by atoms with E-state index in [9.17, 15) is 0 Å². The number of aryl methyl sites for hydroxylation is 2. The largest absolute Gasteiger partial charge is 0.340 e. The molecule has 0 fully saturated rings. The predicted octanol–water partition coefficient (Wildman–Crippen LogP) is 4.79. The molecule has 25 heavy (non-hydrogen) atoms. The molecule has 4 nitrogen and oxygen atoms in total. The third kappa shape index (κ3) is 3.07. The van der Waals surface area contributed by atoms with Gasteiger partial charge in [-0.1, -0.05) is 43.3 Å². The standard InChI is InChI=1S/C21H22N4/c1-3-16-8-4-6-10-18(16)24-20-14-21(23-15(2)22-20)25-13-12-17-9-5-7-11-19(17)25/h4-11,14H,3,12-13H2,1-2H3,(H,22,23,24). The van der Waals surface area contributed by atoms with Crippen LogP contribution >= 0.6 is 0 Å². The zero-order valence-corrected chi connectivity index (χ0v) is 14.7. The Morgan fingerprint density at radius 1 is 1.04 bits per heavy atom. The fourth-order valence-electron chi connectivity index (χ4n) is 3.42. The molecule has 0 spiro atoms. The number of para-hydroxylation sites is 2. The van der Waals surface area contributed by atoms with E-state index in [1.807, 2.05) is 19.1 Å². The molecule has 0 radical (unpaired) electrons. The molecule has 0 amide bonds. The van der Waals surface area contributed by atoms with Crippen molar-refractivity contribution in [2.45, 2.75) is 26.7 Å². The van der Waals surface area contributed by atoms with Crippen molar-refractivity contribution in [2.24, 2.45) is 0 Å². The number of aromatic nitrogens is 2. The molecule has 0 atom stereocenters. The number of fused-ring (bicyclic) bond motifs is 1. The lowest BCUT2D eigenvalue weighted by Gasteiger charge is -2.20. The van der Waals surface area contributed by atoms with Gasteiger partial charge in [0.05, 0.1) is 0 Å². The minimum atomic E-state index is 0.776. The highest BCUT2D eigenvalue weighted by atomic mass is 15.2. The minimum Gasteiger partial charge on any atom is -0.340 e. The number of benzene rings is 2. The molecule has 1 aromatic heterocycles. The van der Waals surface area contributed by atoms with Crippen LogP contribution in [0, 0.1) is 6.92 Å². The highest BCUT2D eigenvalue weighted by molar-refractivity contribution is 5.70. The number of nitrogens with one attached hydrogen (secondary N) is 1. The highest BCUT2D eigenvalue weighted by Gasteiger charge is 2.21. The van der Waals surface area contributed by atoms with Crippen molar-refractivity contribution in [2.75, 3.05) is 16.8 Å². The lowest BCUT2D eigenvalue weighted by Crippen LogP contribution is -2.16. The van der Waals surface area contributed by atoms with Crippen molar-refractivity contribution in [1.82, 2.24) is 9.97 Å². The molecule has 0 saturated carbocycles. The summed E-state index contributed by atoms with van der Waals surface area (Å²) in [5, 5.41) is 3.47. The zero-order chi connectivity index (χ0) is 17.2. The van der Waals surface area contributed by atoms with Gasteiger partial charge in [0, 0.05) is 24.0 Å². The van der Waals surface area contributed by atoms with Gasteiger partial charge in [-0.2, -0.15) is 0 Å². The van der Waals surface area contributed by atoms with Crippen molar-refractivity contribution in [3.8, 4) is 0 Å². The predicted molar refractivity (Wildman–Crippen MR) is 103 cm³/mol. The molecule has 4 rings (SSSR count). The van der Waals surface area contributed by atoms with Gasteiger partial charge in [-0.3, -0.25) is 0 Å². The SMILES string of the molecule is CCc1ccccc1Nc1cc(N2CCc3ccccc32)nc(C)n1. The number of hydrogen-bond donors (Lipinski definition) is 1. The second-order valence-corrected chi connectivity index (χ2v) is 6.32. The smallest absolute Gasteiger partial charge is 0.138 e. The van der Waals surface area contributed by atoms with Gasteiger partial charge in [0.1, 0.15) is 17.5 Å². The minimum absolute atomic E-state index is 0.776. The molecule has 0 unspecified atom stereocenters. The fourth-order valence-corrected chi connectivity index (χ4v) is 3.42. The molecule has 126 valence electrons. The fraction of sp³-hybridized carbons (Fsp3) is 0.238. The Labute approximate surface area is 148 Å². The Hall–Kier alpha value is -2.88. The summed E-state index contributed by atoms with van der Waals surface area (Å²) in [5.74, 6) is 2.57. The molecular weight excluding hydrogens is 308 g/mol. The third-order valence-electron chi connectivity index (χ3n) is 4.65. The Kier molecular flexibility index (Phi) is 4.10. The van der Waals surface area contributed by atoms with E-state index in [1.54, 1.807) is 0 Å². The first-order valence-electron chi connectivity index (χ1n) is 8.80. The maximum Gasteiger partial charge on any atom is 0.138 e. The number of hydrogen-bond acceptors (Lipinski definition) is 4. The molecular formula is C21H22N4. The van der Waals surface area contributed by atoms with Crippen molar-refractivity contribution in [1.29, 1.82) is 0 Å². The van der Waals surface area contributed by atoms with Crippen molar-refractivity contribution in [3.05, 3.63) is 71.5 Å². The molecule has 0 bridgehead atoms. The van der Waals surface area contributed by atoms with Gasteiger partial charge in [0.25, 0.3) is 0 Å². The van der Waals surface area contributed by atoms with Gasteiger partial charge in [0.15, 0.2) is 0 Å². The van der Waals surface area contributed by atoms with Crippen LogP contribution in [0.25, 0.3) is 0 Å². The van der Waals surface area contributed by atoms with E-state index in [2.05, 4.69) is 69.6 Å². The molecule has 1 aliphatic heterocycles. The summed E-state index contributed by atoms with van der Waals surface area (Å²) < 4.78 is 0. The van der Waals surface area contributed by atoms with Crippen LogP contribution in [0.4, 0.5) is 23.0 Å². The second kappa shape index (κ2) is 6.55. The van der Waals surface area contributed by atoms with E-state index in [4.69, 9.17) is 0 Å². The average Bonchev–Trinajstić information content (AvgIpc) is 3.06. The summed E-state index contributed by atoms with van der Waals surface area (Å²) in [6.07, 6.45) is 2.04. The van der Waals surface area contributed by atoms with Gasteiger partial charge in [-0.15, -0.1) is 0 Å². The van der Waals surface area contributed by atoms with Crippen LogP contribution in [0.15, 0.2) is 54.6 Å². The van der Waals surface area contributed by atoms with Crippen LogP contribution in [0.3, 0.4) is 0 Å². The first-order chi connectivity index (χ1) is 12.2.